The van der Waals surface area contributed by atoms with Crippen molar-refractivity contribution in [2.45, 2.75) is 0 Å². The zero-order valence-corrected chi connectivity index (χ0v) is 16.7. The van der Waals surface area contributed by atoms with E-state index in [1.54, 1.807) is 36.3 Å². The molecule has 0 saturated carbocycles. The summed E-state index contributed by atoms with van der Waals surface area (Å²) in [7, 11) is -2.42. The highest BCUT2D eigenvalue weighted by Crippen LogP contribution is 2.38. The molecule has 0 atom stereocenters. The van der Waals surface area contributed by atoms with Gasteiger partial charge >= 0.3 is 0 Å². The molecule has 1 amide bonds. The van der Waals surface area contributed by atoms with Crippen molar-refractivity contribution in [3.8, 4) is 0 Å². The number of ether oxygens (including phenoxy) is 1. The molecule has 1 saturated heterocycles. The molecule has 8 nitrogen and oxygen atoms in total. The van der Waals surface area contributed by atoms with Crippen LogP contribution in [-0.2, 0) is 9.30 Å². The molecular formula is C19H22N5O3P. The first kappa shape index (κ1) is 18.7. The minimum atomic E-state index is -2.42. The Morgan fingerprint density at radius 1 is 1.25 bits per heavy atom. The van der Waals surface area contributed by atoms with E-state index >= 15 is 0 Å². The second-order valence-electron chi connectivity index (χ2n) is 7.05. The fraction of sp³-hybridized carbons (Fsp3) is 0.316. The summed E-state index contributed by atoms with van der Waals surface area (Å²) in [4.78, 5) is 19.3. The van der Waals surface area contributed by atoms with E-state index in [9.17, 15) is 9.36 Å². The highest BCUT2D eigenvalue weighted by molar-refractivity contribution is 7.70. The monoisotopic (exact) mass is 399 g/mol. The molecule has 9 heteroatoms. The lowest BCUT2D eigenvalue weighted by Crippen LogP contribution is -2.37. The molecule has 0 spiro atoms. The summed E-state index contributed by atoms with van der Waals surface area (Å²) in [5.74, 6) is -0.285. The van der Waals surface area contributed by atoms with Crippen molar-refractivity contribution in [1.29, 1.82) is 0 Å². The molecular weight excluding hydrogens is 377 g/mol. The van der Waals surface area contributed by atoms with Gasteiger partial charge in [0.1, 0.15) is 12.7 Å². The average molecular weight is 399 g/mol. The van der Waals surface area contributed by atoms with Crippen molar-refractivity contribution < 1.29 is 14.1 Å². The summed E-state index contributed by atoms with van der Waals surface area (Å²) < 4.78 is 19.6. The number of morpholine rings is 1. The maximum atomic E-state index is 12.9. The van der Waals surface area contributed by atoms with Gasteiger partial charge in [0.05, 0.1) is 30.8 Å². The van der Waals surface area contributed by atoms with Crippen molar-refractivity contribution >= 4 is 35.4 Å². The molecule has 1 aromatic carbocycles. The lowest BCUT2D eigenvalue weighted by atomic mass is 10.2. The van der Waals surface area contributed by atoms with Gasteiger partial charge < -0.3 is 19.5 Å². The molecule has 1 fully saturated rings. The smallest absolute Gasteiger partial charge is 0.261 e. The minimum Gasteiger partial charge on any atom is -0.378 e. The fourth-order valence-electron chi connectivity index (χ4n) is 3.20. The SMILES string of the molecule is CP(C)(=O)c1ccc(NC(=O)c2cnn3cccnc23)c(N2CCOCC2)c1. The van der Waals surface area contributed by atoms with Crippen molar-refractivity contribution in [2.75, 3.05) is 49.8 Å². The van der Waals surface area contributed by atoms with Gasteiger partial charge in [-0.3, -0.25) is 4.79 Å². The summed E-state index contributed by atoms with van der Waals surface area (Å²) in [6, 6.07) is 7.30. The third-order valence-electron chi connectivity index (χ3n) is 4.73. The van der Waals surface area contributed by atoms with Crippen LogP contribution in [0.1, 0.15) is 10.4 Å². The predicted octanol–water partition coefficient (Wildman–Crippen LogP) is 2.07. The lowest BCUT2D eigenvalue weighted by molar-refractivity contribution is 0.102. The van der Waals surface area contributed by atoms with E-state index in [0.29, 0.717) is 43.2 Å². The Morgan fingerprint density at radius 2 is 2.04 bits per heavy atom. The molecule has 0 bridgehead atoms. The van der Waals surface area contributed by atoms with Crippen LogP contribution in [0.3, 0.4) is 0 Å². The Morgan fingerprint density at radius 3 is 2.79 bits per heavy atom. The number of rotatable bonds is 4. The molecule has 0 aliphatic carbocycles. The van der Waals surface area contributed by atoms with E-state index < -0.39 is 7.14 Å². The van der Waals surface area contributed by atoms with Gasteiger partial charge in [0.25, 0.3) is 5.91 Å². The Bertz CT molecular complexity index is 1070. The van der Waals surface area contributed by atoms with Crippen LogP contribution in [-0.4, -0.2) is 60.1 Å². The molecule has 1 aliphatic heterocycles. The van der Waals surface area contributed by atoms with E-state index in [1.807, 2.05) is 18.2 Å². The first-order chi connectivity index (χ1) is 13.4. The number of benzene rings is 1. The van der Waals surface area contributed by atoms with E-state index in [1.165, 1.54) is 6.20 Å². The summed E-state index contributed by atoms with van der Waals surface area (Å²) in [6.45, 7) is 6.14. The zero-order chi connectivity index (χ0) is 19.7. The number of nitrogens with zero attached hydrogens (tertiary/aromatic N) is 4. The fourth-order valence-corrected chi connectivity index (χ4v) is 4.07. The van der Waals surface area contributed by atoms with Gasteiger partial charge in [-0.2, -0.15) is 5.10 Å². The normalized spacial score (nSPS) is 15.0. The Kier molecular flexibility index (Phi) is 4.91. The topological polar surface area (TPSA) is 88.8 Å². The number of carbonyl (C=O) groups is 1. The van der Waals surface area contributed by atoms with Crippen molar-refractivity contribution in [3.05, 3.63) is 48.4 Å². The van der Waals surface area contributed by atoms with Crippen LogP contribution in [0.4, 0.5) is 11.4 Å². The van der Waals surface area contributed by atoms with Crippen molar-refractivity contribution in [1.82, 2.24) is 14.6 Å². The lowest BCUT2D eigenvalue weighted by Gasteiger charge is -2.31. The van der Waals surface area contributed by atoms with Crippen LogP contribution in [0, 0.1) is 0 Å². The summed E-state index contributed by atoms with van der Waals surface area (Å²) in [5, 5.41) is 7.93. The standard InChI is InChI=1S/C19H22N5O3P/c1-28(2,26)14-4-5-16(17(12-14)23-8-10-27-11-9-23)22-19(25)15-13-21-24-7-3-6-20-18(15)24/h3-7,12-13H,8-11H2,1-2H3,(H,22,25). The van der Waals surface area contributed by atoms with Crippen LogP contribution < -0.4 is 15.5 Å². The quantitative estimate of drug-likeness (QED) is 0.676. The summed E-state index contributed by atoms with van der Waals surface area (Å²) in [5.41, 5.74) is 2.41. The molecule has 3 aromatic rings. The number of anilines is 2. The molecule has 28 heavy (non-hydrogen) atoms. The van der Waals surface area contributed by atoms with Crippen LogP contribution in [0.15, 0.2) is 42.9 Å². The van der Waals surface area contributed by atoms with Gasteiger partial charge in [0, 0.05) is 30.8 Å². The van der Waals surface area contributed by atoms with Crippen LogP contribution in [0.25, 0.3) is 5.65 Å². The number of carbonyl (C=O) groups excluding carboxylic acids is 1. The third kappa shape index (κ3) is 3.66. The van der Waals surface area contributed by atoms with Crippen molar-refractivity contribution in [2.24, 2.45) is 0 Å². The Hall–Kier alpha value is -2.70. The van der Waals surface area contributed by atoms with Gasteiger partial charge in [0.2, 0.25) is 0 Å². The van der Waals surface area contributed by atoms with E-state index in [2.05, 4.69) is 20.3 Å². The first-order valence-electron chi connectivity index (χ1n) is 9.05. The van der Waals surface area contributed by atoms with Gasteiger partial charge in [-0.05, 0) is 37.6 Å². The highest BCUT2D eigenvalue weighted by atomic mass is 31.2. The Balaban J connectivity index is 1.70. The number of aromatic nitrogens is 3. The highest BCUT2D eigenvalue weighted by Gasteiger charge is 2.21. The number of nitrogens with one attached hydrogen (secondary N) is 1. The zero-order valence-electron chi connectivity index (χ0n) is 15.8. The number of hydrogen-bond acceptors (Lipinski definition) is 6. The predicted molar refractivity (Wildman–Crippen MR) is 110 cm³/mol. The number of amides is 1. The maximum absolute atomic E-state index is 12.9. The molecule has 0 radical (unpaired) electrons. The van der Waals surface area contributed by atoms with E-state index in [0.717, 1.165) is 11.0 Å². The molecule has 1 N–H and O–H groups in total. The second kappa shape index (κ2) is 7.37. The number of hydrogen-bond donors (Lipinski definition) is 1. The van der Waals surface area contributed by atoms with Crippen molar-refractivity contribution in [3.63, 3.8) is 0 Å². The second-order valence-corrected chi connectivity index (χ2v) is 10.3. The molecule has 146 valence electrons. The van der Waals surface area contributed by atoms with Crippen LogP contribution >= 0.6 is 7.14 Å². The number of fused-ring (bicyclic) bond motifs is 1. The van der Waals surface area contributed by atoms with E-state index in [-0.39, 0.29) is 5.91 Å². The van der Waals surface area contributed by atoms with Crippen LogP contribution in [0.2, 0.25) is 0 Å². The maximum Gasteiger partial charge on any atom is 0.261 e. The van der Waals surface area contributed by atoms with Crippen LogP contribution in [0.5, 0.6) is 0 Å². The van der Waals surface area contributed by atoms with Gasteiger partial charge in [-0.15, -0.1) is 0 Å². The molecule has 4 rings (SSSR count). The Labute approximate surface area is 162 Å². The summed E-state index contributed by atoms with van der Waals surface area (Å²) in [6.07, 6.45) is 4.88. The average Bonchev–Trinajstić information content (AvgIpc) is 3.12. The summed E-state index contributed by atoms with van der Waals surface area (Å²) >= 11 is 0. The largest absolute Gasteiger partial charge is 0.378 e. The van der Waals surface area contributed by atoms with Gasteiger partial charge in [-0.1, -0.05) is 0 Å². The third-order valence-corrected chi connectivity index (χ3v) is 6.25. The van der Waals surface area contributed by atoms with Gasteiger partial charge in [-0.25, -0.2) is 9.50 Å². The van der Waals surface area contributed by atoms with E-state index in [4.69, 9.17) is 4.74 Å². The molecule has 2 aromatic heterocycles. The first-order valence-corrected chi connectivity index (χ1v) is 11.7. The van der Waals surface area contributed by atoms with Gasteiger partial charge in [0.15, 0.2) is 5.65 Å². The molecule has 0 unspecified atom stereocenters. The molecule has 1 aliphatic rings. The minimum absolute atomic E-state index is 0.285. The molecule has 3 heterocycles.